The second-order valence-corrected chi connectivity index (χ2v) is 11.4. The second kappa shape index (κ2) is 12.2. The molecule has 1 fully saturated rings. The third-order valence-corrected chi connectivity index (χ3v) is 7.79. The average Bonchev–Trinajstić information content (AvgIpc) is 3.36. The molecule has 3 heterocycles. The van der Waals surface area contributed by atoms with Crippen molar-refractivity contribution in [1.29, 1.82) is 0 Å². The van der Waals surface area contributed by atoms with Crippen molar-refractivity contribution in [2.24, 2.45) is 0 Å². The number of ether oxygens (including phenoxy) is 2. The number of aromatic nitrogens is 3. The van der Waals surface area contributed by atoms with Crippen LogP contribution in [0, 0.1) is 17.7 Å². The van der Waals surface area contributed by atoms with Gasteiger partial charge in [0.05, 0.1) is 12.7 Å². The summed E-state index contributed by atoms with van der Waals surface area (Å²) in [6, 6.07) is 6.83. The molecule has 0 saturated carbocycles. The predicted octanol–water partition coefficient (Wildman–Crippen LogP) is 1.59. The number of para-hydroxylation sites is 1. The zero-order chi connectivity index (χ0) is 30.8. The van der Waals surface area contributed by atoms with E-state index in [2.05, 4.69) is 26.9 Å². The monoisotopic (exact) mass is 607 g/mol. The Labute approximate surface area is 239 Å². The van der Waals surface area contributed by atoms with Gasteiger partial charge in [-0.2, -0.15) is 10.1 Å². The van der Waals surface area contributed by atoms with Crippen molar-refractivity contribution in [3.63, 3.8) is 0 Å². The van der Waals surface area contributed by atoms with E-state index in [9.17, 15) is 28.8 Å². The van der Waals surface area contributed by atoms with Crippen molar-refractivity contribution in [2.75, 3.05) is 12.3 Å². The molecule has 14 nitrogen and oxygen atoms in total. The fourth-order valence-corrected chi connectivity index (χ4v) is 5.83. The van der Waals surface area contributed by atoms with Crippen LogP contribution in [0.2, 0.25) is 0 Å². The first-order valence-electron chi connectivity index (χ1n) is 12.8. The van der Waals surface area contributed by atoms with E-state index < -0.39 is 73.3 Å². The summed E-state index contributed by atoms with van der Waals surface area (Å²) in [7, 11) is -4.37. The molecule has 4 rings (SSSR count). The van der Waals surface area contributed by atoms with Crippen LogP contribution in [0.25, 0.3) is 11.0 Å². The van der Waals surface area contributed by atoms with Crippen LogP contribution in [0.4, 0.5) is 10.3 Å². The Kier molecular flexibility index (Phi) is 9.07. The molecule has 0 amide bonds. The number of rotatable bonds is 10. The number of carbonyl (C=O) groups excluding carboxylic acids is 1. The number of halogens is 1. The molecular formula is C26H31FN5O9P. The Bertz CT molecular complexity index is 1620. The van der Waals surface area contributed by atoms with Gasteiger partial charge in [0.2, 0.25) is 5.95 Å². The van der Waals surface area contributed by atoms with Gasteiger partial charge in [-0.05, 0) is 39.8 Å². The molecule has 2 aromatic heterocycles. The molecule has 1 aliphatic rings. The van der Waals surface area contributed by atoms with Gasteiger partial charge in [-0.3, -0.25) is 23.7 Å². The molecule has 42 heavy (non-hydrogen) atoms. The van der Waals surface area contributed by atoms with Crippen molar-refractivity contribution in [1.82, 2.24) is 19.6 Å². The maximum absolute atomic E-state index is 14.8. The normalized spacial score (nSPS) is 24.1. The molecule has 6 N–H and O–H groups in total. The summed E-state index contributed by atoms with van der Waals surface area (Å²) in [5, 5.41) is 24.6. The number of fused-ring (bicyclic) bond motifs is 1. The van der Waals surface area contributed by atoms with Gasteiger partial charge in [-0.25, -0.2) is 8.96 Å². The van der Waals surface area contributed by atoms with E-state index in [1.54, 1.807) is 32.0 Å². The third-order valence-electron chi connectivity index (χ3n) is 6.15. The SMILES string of the molecule is CC#C[C@@]1(O)C(O)[C@@H](COP(=O)(NC(C)C(=O)OC(C)C)Oc2ccccc2)O[C@H]1n1cc(F)c2c(=O)[nH]c(N)nc21. The largest absolute Gasteiger partial charge is 0.462 e. The number of carbonyl (C=O) groups is 1. The number of hydrogen-bond donors (Lipinski definition) is 5. The van der Waals surface area contributed by atoms with Crippen LogP contribution in [0.3, 0.4) is 0 Å². The van der Waals surface area contributed by atoms with E-state index >= 15 is 0 Å². The number of nitrogen functional groups attached to an aromatic ring is 1. The lowest BCUT2D eigenvalue weighted by Crippen LogP contribution is -2.46. The van der Waals surface area contributed by atoms with Gasteiger partial charge in [0.1, 0.15) is 29.4 Å². The van der Waals surface area contributed by atoms with Crippen LogP contribution < -0.4 is 20.9 Å². The minimum atomic E-state index is -4.37. The highest BCUT2D eigenvalue weighted by atomic mass is 31.2. The molecule has 0 aliphatic carbocycles. The topological polar surface area (TPSA) is 200 Å². The lowest BCUT2D eigenvalue weighted by molar-refractivity contribution is -0.149. The van der Waals surface area contributed by atoms with Crippen molar-refractivity contribution in [2.45, 2.75) is 63.9 Å². The second-order valence-electron chi connectivity index (χ2n) is 9.74. The number of anilines is 1. The molecular weight excluding hydrogens is 576 g/mol. The molecule has 1 aliphatic heterocycles. The number of nitrogens with zero attached hydrogens (tertiary/aromatic N) is 2. The van der Waals surface area contributed by atoms with Crippen LogP contribution in [-0.4, -0.2) is 67.3 Å². The van der Waals surface area contributed by atoms with E-state index in [0.29, 0.717) is 0 Å². The fourth-order valence-electron chi connectivity index (χ4n) is 4.33. The number of H-pyrrole nitrogens is 1. The molecule has 16 heteroatoms. The molecule has 0 spiro atoms. The number of hydrogen-bond acceptors (Lipinski definition) is 11. The Balaban J connectivity index is 1.64. The minimum absolute atomic E-state index is 0.139. The third kappa shape index (κ3) is 6.34. The minimum Gasteiger partial charge on any atom is -0.462 e. The number of nitrogens with one attached hydrogen (secondary N) is 2. The molecule has 1 saturated heterocycles. The first kappa shape index (κ1) is 31.2. The zero-order valence-electron chi connectivity index (χ0n) is 23.1. The Morgan fingerprint density at radius 2 is 2.05 bits per heavy atom. The molecule has 6 atom stereocenters. The van der Waals surface area contributed by atoms with Gasteiger partial charge in [0.15, 0.2) is 23.3 Å². The number of aliphatic hydroxyl groups excluding tert-OH is 1. The molecule has 3 aromatic rings. The van der Waals surface area contributed by atoms with E-state index in [4.69, 9.17) is 24.3 Å². The van der Waals surface area contributed by atoms with E-state index in [1.807, 2.05) is 0 Å². The number of esters is 1. The summed E-state index contributed by atoms with van der Waals surface area (Å²) >= 11 is 0. The summed E-state index contributed by atoms with van der Waals surface area (Å²) in [5.41, 5.74) is 2.13. The Morgan fingerprint density at radius 3 is 2.69 bits per heavy atom. The first-order chi connectivity index (χ1) is 19.8. The van der Waals surface area contributed by atoms with Gasteiger partial charge in [0.25, 0.3) is 5.56 Å². The van der Waals surface area contributed by atoms with Crippen molar-refractivity contribution in [3.8, 4) is 17.6 Å². The van der Waals surface area contributed by atoms with Gasteiger partial charge in [-0.1, -0.05) is 24.1 Å². The van der Waals surface area contributed by atoms with Crippen LogP contribution in [0.5, 0.6) is 5.75 Å². The number of benzene rings is 1. The highest BCUT2D eigenvalue weighted by Gasteiger charge is 2.57. The van der Waals surface area contributed by atoms with E-state index in [1.165, 1.54) is 26.0 Å². The maximum atomic E-state index is 14.8. The highest BCUT2D eigenvalue weighted by molar-refractivity contribution is 7.52. The van der Waals surface area contributed by atoms with Crippen LogP contribution >= 0.6 is 7.75 Å². The van der Waals surface area contributed by atoms with Gasteiger partial charge in [0, 0.05) is 6.20 Å². The Morgan fingerprint density at radius 1 is 1.36 bits per heavy atom. The van der Waals surface area contributed by atoms with Gasteiger partial charge < -0.3 is 29.9 Å². The average molecular weight is 608 g/mol. The summed E-state index contributed by atoms with van der Waals surface area (Å²) in [6.45, 7) is 5.43. The molecule has 1 aromatic carbocycles. The van der Waals surface area contributed by atoms with Gasteiger partial charge in [-0.15, -0.1) is 5.92 Å². The van der Waals surface area contributed by atoms with Crippen LogP contribution in [-0.2, 0) is 23.4 Å². The molecule has 226 valence electrons. The van der Waals surface area contributed by atoms with E-state index in [-0.39, 0.29) is 17.3 Å². The van der Waals surface area contributed by atoms with Gasteiger partial charge >= 0.3 is 13.7 Å². The lowest BCUT2D eigenvalue weighted by atomic mass is 9.94. The molecule has 3 unspecified atom stereocenters. The van der Waals surface area contributed by atoms with Crippen molar-refractivity contribution < 1.29 is 42.5 Å². The summed E-state index contributed by atoms with van der Waals surface area (Å²) in [4.78, 5) is 30.9. The number of aromatic amines is 1. The summed E-state index contributed by atoms with van der Waals surface area (Å²) < 4.78 is 51.8. The maximum Gasteiger partial charge on any atom is 0.459 e. The summed E-state index contributed by atoms with van der Waals surface area (Å²) in [5.74, 6) is 3.05. The highest BCUT2D eigenvalue weighted by Crippen LogP contribution is 2.47. The van der Waals surface area contributed by atoms with Crippen molar-refractivity contribution in [3.05, 3.63) is 52.7 Å². The van der Waals surface area contributed by atoms with Crippen LogP contribution in [0.15, 0.2) is 41.3 Å². The zero-order valence-corrected chi connectivity index (χ0v) is 24.0. The van der Waals surface area contributed by atoms with Crippen LogP contribution in [0.1, 0.15) is 33.9 Å². The fraction of sp³-hybridized carbons (Fsp3) is 0.423. The first-order valence-corrected chi connectivity index (χ1v) is 14.4. The quantitative estimate of drug-likeness (QED) is 0.127. The predicted molar refractivity (Wildman–Crippen MR) is 147 cm³/mol. The summed E-state index contributed by atoms with van der Waals surface area (Å²) in [6.07, 6.45) is -4.43. The molecule has 0 radical (unpaired) electrons. The smallest absolute Gasteiger partial charge is 0.459 e. The Hall–Kier alpha value is -3.77. The number of aliphatic hydroxyl groups is 2. The number of nitrogens with two attached hydrogens (primary N) is 1. The standard InChI is InChI=1S/C26H31FN5O9P/c1-5-11-26(36)20(33)18(40-24(26)32-12-17(27)19-21(32)29-25(28)30-22(19)34)13-38-42(37,41-16-9-7-6-8-10-16)31-15(4)23(35)39-14(2)3/h6-10,12,14-15,18,20,24,33,36H,13H2,1-4H3,(H,31,37)(H3,28,29,30,34)/t15?,18-,20?,24-,26-,42?/m1/s1. The van der Waals surface area contributed by atoms with E-state index in [0.717, 1.165) is 10.8 Å². The lowest BCUT2D eigenvalue weighted by Gasteiger charge is -2.27. The van der Waals surface area contributed by atoms with Crippen molar-refractivity contribution >= 4 is 30.7 Å². The molecule has 0 bridgehead atoms.